The minimum atomic E-state index is 0.786. The Balaban J connectivity index is 2.18. The first kappa shape index (κ1) is 12.6. The largest absolute Gasteiger partial charge is 0.468 e. The van der Waals surface area contributed by atoms with Crippen molar-refractivity contribution >= 4 is 23.4 Å². The summed E-state index contributed by atoms with van der Waals surface area (Å²) in [5.41, 5.74) is 1.11. The van der Waals surface area contributed by atoms with E-state index in [1.54, 1.807) is 18.0 Å². The van der Waals surface area contributed by atoms with Gasteiger partial charge in [0.25, 0.3) is 0 Å². The van der Waals surface area contributed by atoms with E-state index in [-0.39, 0.29) is 0 Å². The molecule has 1 N–H and O–H groups in total. The number of furan rings is 1. The highest BCUT2D eigenvalue weighted by Gasteiger charge is 2.06. The van der Waals surface area contributed by atoms with Gasteiger partial charge in [-0.25, -0.2) is 0 Å². The van der Waals surface area contributed by atoms with E-state index in [4.69, 9.17) is 16.0 Å². The molecule has 0 aliphatic heterocycles. The average Bonchev–Trinajstić information content (AvgIpc) is 2.69. The highest BCUT2D eigenvalue weighted by atomic mass is 35.5. The summed E-state index contributed by atoms with van der Waals surface area (Å²) in [5, 5.41) is 3.89. The van der Waals surface area contributed by atoms with E-state index in [9.17, 15) is 0 Å². The average molecular weight is 268 g/mol. The van der Waals surface area contributed by atoms with Gasteiger partial charge in [0.05, 0.1) is 11.2 Å². The molecule has 0 aliphatic carbocycles. The molecule has 0 fully saturated rings. The Morgan fingerprint density at radius 1 is 1.35 bits per heavy atom. The van der Waals surface area contributed by atoms with Gasteiger partial charge in [-0.1, -0.05) is 29.4 Å². The lowest BCUT2D eigenvalue weighted by Crippen LogP contribution is -2.05. The summed E-state index contributed by atoms with van der Waals surface area (Å²) in [6, 6.07) is 8.09. The SMILES string of the molecule is CNCc1ccc(Sc2ccoc2C)cc1Cl. The molecule has 0 radical (unpaired) electrons. The Labute approximate surface area is 110 Å². The van der Waals surface area contributed by atoms with Crippen LogP contribution in [0.1, 0.15) is 11.3 Å². The van der Waals surface area contributed by atoms with Gasteiger partial charge in [-0.2, -0.15) is 0 Å². The van der Waals surface area contributed by atoms with Crippen LogP contribution >= 0.6 is 23.4 Å². The van der Waals surface area contributed by atoms with Crippen molar-refractivity contribution in [3.63, 3.8) is 0 Å². The van der Waals surface area contributed by atoms with Crippen LogP contribution in [0.25, 0.3) is 0 Å². The molecule has 4 heteroatoms. The van der Waals surface area contributed by atoms with Crippen molar-refractivity contribution in [1.82, 2.24) is 5.32 Å². The monoisotopic (exact) mass is 267 g/mol. The number of hydrogen-bond donors (Lipinski definition) is 1. The highest BCUT2D eigenvalue weighted by molar-refractivity contribution is 7.99. The normalized spacial score (nSPS) is 10.8. The molecule has 0 amide bonds. The van der Waals surface area contributed by atoms with E-state index in [1.165, 1.54) is 0 Å². The van der Waals surface area contributed by atoms with Crippen LogP contribution in [-0.4, -0.2) is 7.05 Å². The van der Waals surface area contributed by atoms with E-state index in [1.807, 2.05) is 26.1 Å². The first-order valence-corrected chi connectivity index (χ1v) is 6.55. The molecule has 0 spiro atoms. The number of halogens is 1. The van der Waals surface area contributed by atoms with Crippen LogP contribution in [-0.2, 0) is 6.54 Å². The zero-order valence-corrected chi connectivity index (χ0v) is 11.4. The third kappa shape index (κ3) is 3.06. The number of hydrogen-bond acceptors (Lipinski definition) is 3. The quantitative estimate of drug-likeness (QED) is 0.902. The smallest absolute Gasteiger partial charge is 0.114 e. The zero-order valence-electron chi connectivity index (χ0n) is 9.79. The van der Waals surface area contributed by atoms with Crippen LogP contribution in [0, 0.1) is 6.92 Å². The Hall–Kier alpha value is -0.900. The fourth-order valence-electron chi connectivity index (χ4n) is 1.53. The molecule has 0 aliphatic rings. The van der Waals surface area contributed by atoms with Crippen LogP contribution in [0.3, 0.4) is 0 Å². The first-order chi connectivity index (χ1) is 8.20. The molecule has 2 rings (SSSR count). The molecule has 2 aromatic rings. The molecule has 2 nitrogen and oxygen atoms in total. The number of nitrogens with one attached hydrogen (secondary N) is 1. The topological polar surface area (TPSA) is 25.2 Å². The summed E-state index contributed by atoms with van der Waals surface area (Å²) in [5.74, 6) is 0.936. The van der Waals surface area contributed by atoms with Crippen LogP contribution in [0.4, 0.5) is 0 Å². The van der Waals surface area contributed by atoms with Crippen LogP contribution in [0.5, 0.6) is 0 Å². The summed E-state index contributed by atoms with van der Waals surface area (Å²) in [4.78, 5) is 2.25. The predicted octanol–water partition coefficient (Wildman–Crippen LogP) is 4.11. The molecule has 0 saturated carbocycles. The van der Waals surface area contributed by atoms with E-state index in [2.05, 4.69) is 17.4 Å². The second kappa shape index (κ2) is 5.63. The standard InChI is InChI=1S/C13H14ClNOS/c1-9-13(5-6-16-9)17-11-4-3-10(8-15-2)12(14)7-11/h3-7,15H,8H2,1-2H3. The first-order valence-electron chi connectivity index (χ1n) is 5.35. The lowest BCUT2D eigenvalue weighted by atomic mass is 10.2. The molecule has 90 valence electrons. The van der Waals surface area contributed by atoms with Crippen molar-refractivity contribution in [2.75, 3.05) is 7.05 Å². The molecule has 17 heavy (non-hydrogen) atoms. The van der Waals surface area contributed by atoms with Crippen molar-refractivity contribution in [2.24, 2.45) is 0 Å². The second-order valence-corrected chi connectivity index (χ2v) is 5.25. The maximum absolute atomic E-state index is 6.21. The molecule has 0 bridgehead atoms. The van der Waals surface area contributed by atoms with Crippen molar-refractivity contribution in [1.29, 1.82) is 0 Å². The van der Waals surface area contributed by atoms with E-state index in [0.29, 0.717) is 0 Å². The zero-order chi connectivity index (χ0) is 12.3. The van der Waals surface area contributed by atoms with Gasteiger partial charge in [-0.15, -0.1) is 0 Å². The lowest BCUT2D eigenvalue weighted by Gasteiger charge is -2.06. The summed E-state index contributed by atoms with van der Waals surface area (Å²) in [6.45, 7) is 2.74. The van der Waals surface area contributed by atoms with Crippen molar-refractivity contribution in [2.45, 2.75) is 23.3 Å². The van der Waals surface area contributed by atoms with Crippen LogP contribution in [0.15, 0.2) is 44.7 Å². The van der Waals surface area contributed by atoms with E-state index < -0.39 is 0 Å². The second-order valence-electron chi connectivity index (χ2n) is 3.73. The molecule has 0 saturated heterocycles. The molecule has 1 heterocycles. The number of benzene rings is 1. The Bertz CT molecular complexity index is 510. The minimum absolute atomic E-state index is 0.786. The van der Waals surface area contributed by atoms with Crippen molar-refractivity contribution < 1.29 is 4.42 Å². The summed E-state index contributed by atoms with van der Waals surface area (Å²) in [6.07, 6.45) is 1.70. The third-order valence-electron chi connectivity index (χ3n) is 2.43. The van der Waals surface area contributed by atoms with E-state index >= 15 is 0 Å². The van der Waals surface area contributed by atoms with Gasteiger partial charge in [0, 0.05) is 16.5 Å². The third-order valence-corrected chi connectivity index (χ3v) is 3.92. The summed E-state index contributed by atoms with van der Waals surface area (Å²) < 4.78 is 5.27. The Morgan fingerprint density at radius 3 is 2.76 bits per heavy atom. The molecule has 0 atom stereocenters. The fraction of sp³-hybridized carbons (Fsp3) is 0.231. The van der Waals surface area contributed by atoms with Crippen LogP contribution in [0.2, 0.25) is 5.02 Å². The lowest BCUT2D eigenvalue weighted by molar-refractivity contribution is 0.527. The minimum Gasteiger partial charge on any atom is -0.468 e. The van der Waals surface area contributed by atoms with Crippen LogP contribution < -0.4 is 5.32 Å². The van der Waals surface area contributed by atoms with Gasteiger partial charge in [-0.3, -0.25) is 0 Å². The fourth-order valence-corrected chi connectivity index (χ4v) is 2.73. The molecule has 1 aromatic heterocycles. The van der Waals surface area contributed by atoms with Gasteiger partial charge < -0.3 is 9.73 Å². The summed E-state index contributed by atoms with van der Waals surface area (Å²) >= 11 is 7.87. The van der Waals surface area contributed by atoms with Gasteiger partial charge in [0.1, 0.15) is 5.76 Å². The van der Waals surface area contributed by atoms with Crippen molar-refractivity contribution in [3.8, 4) is 0 Å². The number of aryl methyl sites for hydroxylation is 1. The van der Waals surface area contributed by atoms with E-state index in [0.717, 1.165) is 32.7 Å². The predicted molar refractivity (Wildman–Crippen MR) is 71.8 cm³/mol. The molecule has 0 unspecified atom stereocenters. The van der Waals surface area contributed by atoms with Gasteiger partial charge >= 0.3 is 0 Å². The van der Waals surface area contributed by atoms with Gasteiger partial charge in [-0.05, 0) is 37.7 Å². The maximum Gasteiger partial charge on any atom is 0.114 e. The molecular weight excluding hydrogens is 254 g/mol. The van der Waals surface area contributed by atoms with Gasteiger partial charge in [0.15, 0.2) is 0 Å². The maximum atomic E-state index is 6.21. The Kier molecular flexibility index (Phi) is 4.15. The highest BCUT2D eigenvalue weighted by Crippen LogP contribution is 2.33. The number of rotatable bonds is 4. The van der Waals surface area contributed by atoms with Crippen molar-refractivity contribution in [3.05, 3.63) is 46.9 Å². The van der Waals surface area contributed by atoms with Gasteiger partial charge in [0.2, 0.25) is 0 Å². The molecular formula is C13H14ClNOS. The molecule has 1 aromatic carbocycles. The Morgan fingerprint density at radius 2 is 2.18 bits per heavy atom. The summed E-state index contributed by atoms with van der Waals surface area (Å²) in [7, 11) is 1.91.